The van der Waals surface area contributed by atoms with Crippen molar-refractivity contribution in [3.63, 3.8) is 0 Å². The molecule has 3 rings (SSSR count). The number of aromatic carboxylic acids is 1. The van der Waals surface area contributed by atoms with Crippen molar-refractivity contribution < 1.29 is 24.2 Å². The molecule has 0 aliphatic carbocycles. The Bertz CT molecular complexity index is 719. The number of carboxylic acids is 1. The van der Waals surface area contributed by atoms with Crippen LogP contribution in [-0.4, -0.2) is 41.4 Å². The summed E-state index contributed by atoms with van der Waals surface area (Å²) < 4.78 is 5.70. The van der Waals surface area contributed by atoms with E-state index in [1.54, 1.807) is 0 Å². The maximum Gasteiger partial charge on any atom is 0.314 e. The molecule has 1 saturated heterocycles. The molecule has 1 aromatic heterocycles. The Morgan fingerprint density at radius 1 is 1.20 bits per heavy atom. The Kier molecular flexibility index (Phi) is 4.83. The molecule has 1 N–H and O–H groups in total. The number of anilines is 1. The van der Waals surface area contributed by atoms with E-state index < -0.39 is 23.4 Å². The quantitative estimate of drug-likeness (QED) is 0.786. The second-order valence-electron chi connectivity index (χ2n) is 7.03. The highest BCUT2D eigenvalue weighted by atomic mass is 32.1. The lowest BCUT2D eigenvalue weighted by atomic mass is 9.93. The Hall–Kier alpha value is -1.93. The lowest BCUT2D eigenvalue weighted by molar-refractivity contribution is -0.255. The average molecular weight is 365 g/mol. The number of piperidine rings is 1. The van der Waals surface area contributed by atoms with Crippen molar-refractivity contribution >= 4 is 34.1 Å². The molecule has 8 heteroatoms. The molecule has 136 valence electrons. The zero-order valence-electron chi connectivity index (χ0n) is 14.3. The zero-order valence-corrected chi connectivity index (χ0v) is 15.2. The van der Waals surface area contributed by atoms with Crippen LogP contribution in [0.3, 0.4) is 0 Å². The van der Waals surface area contributed by atoms with Gasteiger partial charge in [-0.05, 0) is 38.7 Å². The Balaban J connectivity index is 1.83. The molecule has 2 aliphatic rings. The molecule has 0 saturated carbocycles. The highest BCUT2D eigenvalue weighted by molar-refractivity contribution is 7.17. The van der Waals surface area contributed by atoms with Crippen LogP contribution in [-0.2, 0) is 27.4 Å². The highest BCUT2D eigenvalue weighted by Crippen LogP contribution is 2.40. The molecule has 1 aromatic rings. The van der Waals surface area contributed by atoms with E-state index >= 15 is 0 Å². The molecule has 25 heavy (non-hydrogen) atoms. The summed E-state index contributed by atoms with van der Waals surface area (Å²) in [4.78, 5) is 38.4. The summed E-state index contributed by atoms with van der Waals surface area (Å²) in [6, 6.07) is 0. The molecule has 2 amide bonds. The van der Waals surface area contributed by atoms with Crippen molar-refractivity contribution in [3.05, 3.63) is 16.0 Å². The van der Waals surface area contributed by atoms with Crippen molar-refractivity contribution in [1.82, 2.24) is 4.90 Å². The van der Waals surface area contributed by atoms with Gasteiger partial charge < -0.3 is 24.9 Å². The number of carbonyl (C=O) groups is 3. The number of hydrogen-bond acceptors (Lipinski definition) is 6. The van der Waals surface area contributed by atoms with E-state index in [4.69, 9.17) is 4.74 Å². The van der Waals surface area contributed by atoms with Crippen LogP contribution in [0.4, 0.5) is 5.00 Å². The smallest absolute Gasteiger partial charge is 0.314 e. The van der Waals surface area contributed by atoms with Gasteiger partial charge in [0.25, 0.3) is 0 Å². The van der Waals surface area contributed by atoms with E-state index in [0.29, 0.717) is 25.1 Å². The van der Waals surface area contributed by atoms with Gasteiger partial charge in [-0.2, -0.15) is 0 Å². The third-order valence-electron chi connectivity index (χ3n) is 4.56. The van der Waals surface area contributed by atoms with Gasteiger partial charge in [-0.1, -0.05) is 0 Å². The molecule has 1 fully saturated rings. The fourth-order valence-corrected chi connectivity index (χ4v) is 4.37. The fraction of sp³-hybridized carbons (Fsp3) is 0.588. The second kappa shape index (κ2) is 6.76. The Morgan fingerprint density at radius 3 is 2.52 bits per heavy atom. The van der Waals surface area contributed by atoms with Crippen molar-refractivity contribution in [1.29, 1.82) is 0 Å². The molecule has 2 aliphatic heterocycles. The molecular formula is C17H21N2O5S-. The van der Waals surface area contributed by atoms with Crippen LogP contribution in [0.15, 0.2) is 0 Å². The highest BCUT2D eigenvalue weighted by Gasteiger charge is 2.33. The van der Waals surface area contributed by atoms with Crippen LogP contribution in [0.25, 0.3) is 0 Å². The monoisotopic (exact) mass is 365 g/mol. The van der Waals surface area contributed by atoms with Gasteiger partial charge in [-0.25, -0.2) is 0 Å². The van der Waals surface area contributed by atoms with Gasteiger partial charge in [0.2, 0.25) is 0 Å². The minimum Gasteiger partial charge on any atom is -0.545 e. The van der Waals surface area contributed by atoms with Crippen molar-refractivity contribution in [2.75, 3.05) is 18.4 Å². The van der Waals surface area contributed by atoms with Crippen LogP contribution in [0, 0.1) is 0 Å². The second-order valence-corrected chi connectivity index (χ2v) is 8.13. The third-order valence-corrected chi connectivity index (χ3v) is 5.68. The van der Waals surface area contributed by atoms with Gasteiger partial charge in [0.15, 0.2) is 0 Å². The molecule has 0 unspecified atom stereocenters. The predicted octanol–water partition coefficient (Wildman–Crippen LogP) is 0.914. The lowest BCUT2D eigenvalue weighted by Crippen LogP contribution is -2.42. The molecule has 0 atom stereocenters. The van der Waals surface area contributed by atoms with E-state index in [-0.39, 0.29) is 17.2 Å². The minimum atomic E-state index is -1.35. The number of nitrogens with zero attached hydrogens (tertiary/aromatic N) is 1. The number of nitrogens with one attached hydrogen (secondary N) is 1. The van der Waals surface area contributed by atoms with Crippen molar-refractivity contribution in [3.8, 4) is 0 Å². The van der Waals surface area contributed by atoms with E-state index in [0.717, 1.165) is 35.5 Å². The Labute approximate surface area is 150 Å². The number of carbonyl (C=O) groups excluding carboxylic acids is 3. The van der Waals surface area contributed by atoms with Crippen LogP contribution in [0.1, 0.15) is 53.9 Å². The topological polar surface area (TPSA) is 98.8 Å². The van der Waals surface area contributed by atoms with Gasteiger partial charge in [-0.15, -0.1) is 11.3 Å². The van der Waals surface area contributed by atoms with E-state index in [2.05, 4.69) is 5.32 Å². The summed E-state index contributed by atoms with van der Waals surface area (Å²) in [6.07, 6.45) is 3.22. The molecule has 0 bridgehead atoms. The lowest BCUT2D eigenvalue weighted by Gasteiger charge is -2.30. The SMILES string of the molecule is CC1(C)Cc2c(sc(NC(=O)C(=O)N3CCCCC3)c2C(=O)[O-])CO1. The predicted molar refractivity (Wildman–Crippen MR) is 90.3 cm³/mol. The van der Waals surface area contributed by atoms with Crippen molar-refractivity contribution in [2.24, 2.45) is 0 Å². The number of fused-ring (bicyclic) bond motifs is 1. The van der Waals surface area contributed by atoms with Crippen LogP contribution in [0.2, 0.25) is 0 Å². The summed E-state index contributed by atoms with van der Waals surface area (Å²) in [6.45, 7) is 5.16. The van der Waals surface area contributed by atoms with Crippen LogP contribution >= 0.6 is 11.3 Å². The van der Waals surface area contributed by atoms with Crippen LogP contribution < -0.4 is 10.4 Å². The standard InChI is InChI=1S/C17H22N2O5S/c1-17(2)8-10-11(9-24-17)25-14(12(10)16(22)23)18-13(20)15(21)19-6-4-3-5-7-19/h3-9H2,1-2H3,(H,18,20)(H,22,23)/p-1. The summed E-state index contributed by atoms with van der Waals surface area (Å²) in [5.74, 6) is -2.77. The maximum absolute atomic E-state index is 12.3. The average Bonchev–Trinajstić information content (AvgIpc) is 2.90. The third kappa shape index (κ3) is 3.69. The number of thiophene rings is 1. The first-order valence-corrected chi connectivity index (χ1v) is 9.20. The van der Waals surface area contributed by atoms with Gasteiger partial charge >= 0.3 is 11.8 Å². The molecule has 0 aromatic carbocycles. The van der Waals surface area contributed by atoms with Gasteiger partial charge in [0, 0.05) is 30.0 Å². The number of ether oxygens (including phenoxy) is 1. The van der Waals surface area contributed by atoms with Crippen molar-refractivity contribution in [2.45, 2.75) is 51.7 Å². The summed E-state index contributed by atoms with van der Waals surface area (Å²) in [7, 11) is 0. The van der Waals surface area contributed by atoms with Gasteiger partial charge in [0.05, 0.1) is 18.2 Å². The van der Waals surface area contributed by atoms with Gasteiger partial charge in [0.1, 0.15) is 5.00 Å². The molecule has 0 spiro atoms. The largest absolute Gasteiger partial charge is 0.545 e. The number of amides is 2. The van der Waals surface area contributed by atoms with Crippen LogP contribution in [0.5, 0.6) is 0 Å². The Morgan fingerprint density at radius 2 is 1.88 bits per heavy atom. The summed E-state index contributed by atoms with van der Waals surface area (Å²) in [5, 5.41) is 14.3. The molecule has 7 nitrogen and oxygen atoms in total. The summed E-state index contributed by atoms with van der Waals surface area (Å²) in [5.41, 5.74) is 0.113. The first-order valence-electron chi connectivity index (χ1n) is 8.38. The first-order chi connectivity index (χ1) is 11.8. The zero-order chi connectivity index (χ0) is 18.2. The molecular weight excluding hydrogens is 344 g/mol. The number of rotatable bonds is 2. The van der Waals surface area contributed by atoms with E-state index in [9.17, 15) is 19.5 Å². The molecule has 3 heterocycles. The van der Waals surface area contributed by atoms with E-state index in [1.165, 1.54) is 4.90 Å². The summed E-state index contributed by atoms with van der Waals surface area (Å²) >= 11 is 1.13. The fourth-order valence-electron chi connectivity index (χ4n) is 3.25. The maximum atomic E-state index is 12.3. The van der Waals surface area contributed by atoms with Gasteiger partial charge in [-0.3, -0.25) is 9.59 Å². The van der Waals surface area contributed by atoms with E-state index in [1.807, 2.05) is 13.8 Å². The number of carboxylic acid groups (broad SMARTS) is 1. The number of likely N-dealkylation sites (tertiary alicyclic amines) is 1. The first kappa shape index (κ1) is 17.9. The molecule has 0 radical (unpaired) electrons. The minimum absolute atomic E-state index is 0.0313. The normalized spacial score (nSPS) is 19.2. The number of hydrogen-bond donors (Lipinski definition) is 1.